The highest BCUT2D eigenvalue weighted by Crippen LogP contribution is 2.24. The van der Waals surface area contributed by atoms with Crippen molar-refractivity contribution in [3.63, 3.8) is 0 Å². The van der Waals surface area contributed by atoms with E-state index in [-0.39, 0.29) is 0 Å². The lowest BCUT2D eigenvalue weighted by Gasteiger charge is -2.02. The average Bonchev–Trinajstić information content (AvgIpc) is 2.77. The summed E-state index contributed by atoms with van der Waals surface area (Å²) in [6.07, 6.45) is 0. The topological polar surface area (TPSA) is 68.9 Å². The van der Waals surface area contributed by atoms with Gasteiger partial charge in [0, 0.05) is 11.1 Å². The van der Waals surface area contributed by atoms with Crippen LogP contribution in [0, 0.1) is 6.92 Å². The van der Waals surface area contributed by atoms with Crippen molar-refractivity contribution in [1.82, 2.24) is 9.97 Å². The molecule has 0 aliphatic rings. The molecule has 19 heavy (non-hydrogen) atoms. The molecule has 3 rings (SSSR count). The molecule has 0 aliphatic heterocycles. The van der Waals surface area contributed by atoms with Crippen LogP contribution < -0.4 is 5.73 Å². The predicted octanol–water partition coefficient (Wildman–Crippen LogP) is 2.77. The van der Waals surface area contributed by atoms with Crippen LogP contribution in [0.5, 0.6) is 0 Å². The van der Waals surface area contributed by atoms with Gasteiger partial charge in [-0.25, -0.2) is 9.97 Å². The van der Waals surface area contributed by atoms with Crippen LogP contribution in [0.3, 0.4) is 0 Å². The van der Waals surface area contributed by atoms with Crippen molar-refractivity contribution in [2.75, 3.05) is 0 Å². The van der Waals surface area contributed by atoms with Crippen LogP contribution in [-0.4, -0.2) is 15.9 Å². The molecule has 0 fully saturated rings. The Morgan fingerprint density at radius 2 is 2.05 bits per heavy atom. The fourth-order valence-electron chi connectivity index (χ4n) is 1.92. The Morgan fingerprint density at radius 1 is 1.21 bits per heavy atom. The van der Waals surface area contributed by atoms with E-state index in [1.54, 1.807) is 29.5 Å². The van der Waals surface area contributed by atoms with E-state index in [4.69, 9.17) is 5.73 Å². The summed E-state index contributed by atoms with van der Waals surface area (Å²) in [7, 11) is 0. The molecular formula is C14H11N3OS. The number of benzene rings is 1. The molecule has 0 radical (unpaired) electrons. The summed E-state index contributed by atoms with van der Waals surface area (Å²) in [4.78, 5) is 21.0. The van der Waals surface area contributed by atoms with Gasteiger partial charge in [-0.3, -0.25) is 4.79 Å². The number of hydrogen-bond donors (Lipinski definition) is 1. The van der Waals surface area contributed by atoms with E-state index < -0.39 is 5.91 Å². The number of carbonyl (C=O) groups is 1. The van der Waals surface area contributed by atoms with Gasteiger partial charge in [0.1, 0.15) is 10.3 Å². The quantitative estimate of drug-likeness (QED) is 0.777. The molecule has 0 bridgehead atoms. The van der Waals surface area contributed by atoms with Gasteiger partial charge in [0.2, 0.25) is 5.91 Å². The standard InChI is InChI=1S/C14H11N3OS/c1-8-16-12-6-5-11(17-14(12)19-8)9-3-2-4-10(7-9)13(15)18/h2-7H,1H3,(H2,15,18). The van der Waals surface area contributed by atoms with Crippen molar-refractivity contribution in [2.45, 2.75) is 6.92 Å². The van der Waals surface area contributed by atoms with E-state index >= 15 is 0 Å². The summed E-state index contributed by atoms with van der Waals surface area (Å²) >= 11 is 1.56. The molecule has 5 heteroatoms. The van der Waals surface area contributed by atoms with Crippen molar-refractivity contribution in [1.29, 1.82) is 0 Å². The molecular weight excluding hydrogens is 258 g/mol. The first-order valence-electron chi connectivity index (χ1n) is 5.78. The molecule has 0 atom stereocenters. The third-order valence-corrected chi connectivity index (χ3v) is 3.69. The molecule has 1 amide bonds. The second-order valence-corrected chi connectivity index (χ2v) is 5.38. The zero-order chi connectivity index (χ0) is 13.4. The molecule has 1 aromatic carbocycles. The van der Waals surface area contributed by atoms with E-state index in [9.17, 15) is 4.79 Å². The molecule has 2 heterocycles. The van der Waals surface area contributed by atoms with Crippen LogP contribution >= 0.6 is 11.3 Å². The smallest absolute Gasteiger partial charge is 0.248 e. The van der Waals surface area contributed by atoms with Gasteiger partial charge in [0.05, 0.1) is 10.7 Å². The lowest BCUT2D eigenvalue weighted by molar-refractivity contribution is 0.100. The number of fused-ring (bicyclic) bond motifs is 1. The van der Waals surface area contributed by atoms with Gasteiger partial charge in [-0.2, -0.15) is 0 Å². The Bertz CT molecular complexity index is 779. The van der Waals surface area contributed by atoms with Crippen LogP contribution in [0.15, 0.2) is 36.4 Å². The Hall–Kier alpha value is -2.27. The van der Waals surface area contributed by atoms with Crippen molar-refractivity contribution < 1.29 is 4.79 Å². The molecule has 2 N–H and O–H groups in total. The SMILES string of the molecule is Cc1nc2ccc(-c3cccc(C(N)=O)c3)nc2s1. The number of nitrogens with zero attached hydrogens (tertiary/aromatic N) is 2. The number of aromatic nitrogens is 2. The summed E-state index contributed by atoms with van der Waals surface area (Å²) in [6.45, 7) is 1.96. The van der Waals surface area contributed by atoms with Gasteiger partial charge < -0.3 is 5.73 Å². The van der Waals surface area contributed by atoms with Crippen molar-refractivity contribution in [3.05, 3.63) is 47.0 Å². The van der Waals surface area contributed by atoms with Gasteiger partial charge in [0.25, 0.3) is 0 Å². The average molecular weight is 269 g/mol. The zero-order valence-corrected chi connectivity index (χ0v) is 11.1. The van der Waals surface area contributed by atoms with E-state index in [1.807, 2.05) is 25.1 Å². The van der Waals surface area contributed by atoms with Crippen molar-refractivity contribution in [2.24, 2.45) is 5.73 Å². The van der Waals surface area contributed by atoms with Crippen LogP contribution in [0.4, 0.5) is 0 Å². The minimum absolute atomic E-state index is 0.434. The number of carbonyl (C=O) groups excluding carboxylic acids is 1. The van der Waals surface area contributed by atoms with E-state index in [1.165, 1.54) is 0 Å². The second-order valence-electron chi connectivity index (χ2n) is 4.20. The minimum atomic E-state index is -0.434. The number of aryl methyl sites for hydroxylation is 1. The first kappa shape index (κ1) is 11.8. The molecule has 0 saturated carbocycles. The van der Waals surface area contributed by atoms with Crippen LogP contribution in [0.2, 0.25) is 0 Å². The summed E-state index contributed by atoms with van der Waals surface area (Å²) < 4.78 is 0. The maximum absolute atomic E-state index is 11.2. The highest BCUT2D eigenvalue weighted by atomic mass is 32.1. The van der Waals surface area contributed by atoms with Gasteiger partial charge in [-0.1, -0.05) is 23.5 Å². The lowest BCUT2D eigenvalue weighted by Crippen LogP contribution is -2.10. The molecule has 0 saturated heterocycles. The van der Waals surface area contributed by atoms with E-state index in [2.05, 4.69) is 9.97 Å². The maximum atomic E-state index is 11.2. The predicted molar refractivity (Wildman–Crippen MR) is 76.1 cm³/mol. The number of primary amides is 1. The number of thiazole rings is 1. The monoisotopic (exact) mass is 269 g/mol. The largest absolute Gasteiger partial charge is 0.366 e. The maximum Gasteiger partial charge on any atom is 0.248 e. The first-order valence-corrected chi connectivity index (χ1v) is 6.59. The fraction of sp³-hybridized carbons (Fsp3) is 0.0714. The Kier molecular flexibility index (Phi) is 2.76. The molecule has 0 spiro atoms. The van der Waals surface area contributed by atoms with Gasteiger partial charge in [-0.05, 0) is 31.2 Å². The Labute approximate surface area is 113 Å². The Morgan fingerprint density at radius 3 is 2.84 bits per heavy atom. The second kappa shape index (κ2) is 4.44. The van der Waals surface area contributed by atoms with Crippen LogP contribution in [0.25, 0.3) is 21.6 Å². The highest BCUT2D eigenvalue weighted by Gasteiger charge is 2.07. The summed E-state index contributed by atoms with van der Waals surface area (Å²) in [5.74, 6) is -0.434. The third-order valence-electron chi connectivity index (χ3n) is 2.81. The molecule has 0 aliphatic carbocycles. The van der Waals surface area contributed by atoms with Crippen LogP contribution in [0.1, 0.15) is 15.4 Å². The fourth-order valence-corrected chi connectivity index (χ4v) is 2.70. The number of pyridine rings is 1. The lowest BCUT2D eigenvalue weighted by atomic mass is 10.1. The molecule has 4 nitrogen and oxygen atoms in total. The number of hydrogen-bond acceptors (Lipinski definition) is 4. The molecule has 3 aromatic rings. The van der Waals surface area contributed by atoms with E-state index in [0.29, 0.717) is 5.56 Å². The third kappa shape index (κ3) is 2.20. The van der Waals surface area contributed by atoms with Crippen molar-refractivity contribution in [3.8, 4) is 11.3 Å². The number of nitrogens with two attached hydrogens (primary N) is 1. The molecule has 0 unspecified atom stereocenters. The normalized spacial score (nSPS) is 10.8. The summed E-state index contributed by atoms with van der Waals surface area (Å²) in [5.41, 5.74) is 8.37. The van der Waals surface area contributed by atoms with Gasteiger partial charge in [-0.15, -0.1) is 0 Å². The molecule has 94 valence electrons. The van der Waals surface area contributed by atoms with Crippen molar-refractivity contribution >= 4 is 27.6 Å². The minimum Gasteiger partial charge on any atom is -0.366 e. The highest BCUT2D eigenvalue weighted by molar-refractivity contribution is 7.18. The number of rotatable bonds is 2. The zero-order valence-electron chi connectivity index (χ0n) is 10.3. The number of amides is 1. The molecule has 2 aromatic heterocycles. The van der Waals surface area contributed by atoms with Gasteiger partial charge in [0.15, 0.2) is 0 Å². The van der Waals surface area contributed by atoms with Gasteiger partial charge >= 0.3 is 0 Å². The summed E-state index contributed by atoms with van der Waals surface area (Å²) in [6, 6.07) is 11.0. The first-order chi connectivity index (χ1) is 9.13. The summed E-state index contributed by atoms with van der Waals surface area (Å²) in [5, 5.41) is 0.991. The Balaban J connectivity index is 2.12. The van der Waals surface area contributed by atoms with Crippen LogP contribution in [-0.2, 0) is 0 Å². The van der Waals surface area contributed by atoms with E-state index in [0.717, 1.165) is 26.6 Å².